The molecule has 18 heavy (non-hydrogen) atoms. The second kappa shape index (κ2) is 5.71. The SMILES string of the molecule is CCCN(CCC)C(=O)c1c[nH]c2ccccc12. The van der Waals surface area contributed by atoms with Gasteiger partial charge in [-0.05, 0) is 18.9 Å². The van der Waals surface area contributed by atoms with Crippen LogP contribution >= 0.6 is 0 Å². The van der Waals surface area contributed by atoms with Crippen LogP contribution < -0.4 is 0 Å². The Balaban J connectivity index is 2.31. The monoisotopic (exact) mass is 244 g/mol. The Morgan fingerprint density at radius 3 is 2.50 bits per heavy atom. The Morgan fingerprint density at radius 2 is 1.83 bits per heavy atom. The van der Waals surface area contributed by atoms with Crippen LogP contribution in [0.1, 0.15) is 37.0 Å². The number of aromatic nitrogens is 1. The van der Waals surface area contributed by atoms with Crippen LogP contribution in [0, 0.1) is 0 Å². The van der Waals surface area contributed by atoms with Crippen molar-refractivity contribution in [2.45, 2.75) is 26.7 Å². The van der Waals surface area contributed by atoms with E-state index in [1.807, 2.05) is 35.4 Å². The Labute approximate surface area is 108 Å². The van der Waals surface area contributed by atoms with E-state index in [1.54, 1.807) is 0 Å². The molecular formula is C15H20N2O. The van der Waals surface area contributed by atoms with Gasteiger partial charge in [0.15, 0.2) is 0 Å². The molecular weight excluding hydrogens is 224 g/mol. The van der Waals surface area contributed by atoms with E-state index in [4.69, 9.17) is 0 Å². The van der Waals surface area contributed by atoms with Crippen LogP contribution in [0.4, 0.5) is 0 Å². The zero-order chi connectivity index (χ0) is 13.0. The number of nitrogens with one attached hydrogen (secondary N) is 1. The van der Waals surface area contributed by atoms with E-state index in [0.29, 0.717) is 0 Å². The average molecular weight is 244 g/mol. The van der Waals surface area contributed by atoms with Crippen LogP contribution in [0.5, 0.6) is 0 Å². The van der Waals surface area contributed by atoms with E-state index in [2.05, 4.69) is 18.8 Å². The summed E-state index contributed by atoms with van der Waals surface area (Å²) in [5.41, 5.74) is 1.81. The molecule has 0 aliphatic carbocycles. The van der Waals surface area contributed by atoms with Gasteiger partial charge in [0.05, 0.1) is 5.56 Å². The van der Waals surface area contributed by atoms with E-state index in [-0.39, 0.29) is 5.91 Å². The van der Waals surface area contributed by atoms with Gasteiger partial charge in [-0.1, -0.05) is 32.0 Å². The van der Waals surface area contributed by atoms with Gasteiger partial charge < -0.3 is 9.88 Å². The van der Waals surface area contributed by atoms with Gasteiger partial charge in [0, 0.05) is 30.2 Å². The first-order chi connectivity index (χ1) is 8.77. The highest BCUT2D eigenvalue weighted by Crippen LogP contribution is 2.19. The summed E-state index contributed by atoms with van der Waals surface area (Å²) in [6.07, 6.45) is 3.81. The summed E-state index contributed by atoms with van der Waals surface area (Å²) in [6.45, 7) is 5.86. The first kappa shape index (κ1) is 12.7. The summed E-state index contributed by atoms with van der Waals surface area (Å²) in [7, 11) is 0. The van der Waals surface area contributed by atoms with Gasteiger partial charge in [-0.3, -0.25) is 4.79 Å². The average Bonchev–Trinajstić information content (AvgIpc) is 2.81. The zero-order valence-corrected chi connectivity index (χ0v) is 11.1. The molecule has 0 spiro atoms. The predicted molar refractivity (Wildman–Crippen MR) is 74.8 cm³/mol. The molecule has 0 aliphatic heterocycles. The molecule has 1 heterocycles. The summed E-state index contributed by atoms with van der Waals surface area (Å²) < 4.78 is 0. The number of hydrogen-bond donors (Lipinski definition) is 1. The highest BCUT2D eigenvalue weighted by atomic mass is 16.2. The van der Waals surface area contributed by atoms with Crippen molar-refractivity contribution in [2.75, 3.05) is 13.1 Å². The molecule has 1 amide bonds. The van der Waals surface area contributed by atoms with Gasteiger partial charge in [0.25, 0.3) is 5.91 Å². The summed E-state index contributed by atoms with van der Waals surface area (Å²) in [5, 5.41) is 1.01. The summed E-state index contributed by atoms with van der Waals surface area (Å²) in [4.78, 5) is 17.6. The van der Waals surface area contributed by atoms with Crippen LogP contribution in [0.25, 0.3) is 10.9 Å². The maximum absolute atomic E-state index is 12.5. The third-order valence-corrected chi connectivity index (χ3v) is 3.09. The molecule has 0 bridgehead atoms. The number of rotatable bonds is 5. The van der Waals surface area contributed by atoms with Gasteiger partial charge in [0.2, 0.25) is 0 Å². The van der Waals surface area contributed by atoms with Crippen LogP contribution in [0.3, 0.4) is 0 Å². The summed E-state index contributed by atoms with van der Waals surface area (Å²) in [6, 6.07) is 7.94. The number of para-hydroxylation sites is 1. The van der Waals surface area contributed by atoms with E-state index in [0.717, 1.165) is 42.4 Å². The maximum atomic E-state index is 12.5. The molecule has 0 aliphatic rings. The predicted octanol–water partition coefficient (Wildman–Crippen LogP) is 3.43. The van der Waals surface area contributed by atoms with Crippen molar-refractivity contribution in [1.29, 1.82) is 0 Å². The topological polar surface area (TPSA) is 36.1 Å². The van der Waals surface area contributed by atoms with Crippen LogP contribution in [-0.4, -0.2) is 28.9 Å². The molecule has 0 fully saturated rings. The number of amides is 1. The molecule has 0 saturated carbocycles. The number of aromatic amines is 1. The van der Waals surface area contributed by atoms with E-state index >= 15 is 0 Å². The number of benzene rings is 1. The molecule has 3 heteroatoms. The van der Waals surface area contributed by atoms with Crippen LogP contribution in [0.2, 0.25) is 0 Å². The Bertz CT molecular complexity index is 524. The van der Waals surface area contributed by atoms with Gasteiger partial charge in [-0.15, -0.1) is 0 Å². The summed E-state index contributed by atoms with van der Waals surface area (Å²) in [5.74, 6) is 0.135. The molecule has 2 aromatic rings. The normalized spacial score (nSPS) is 10.8. The first-order valence-electron chi connectivity index (χ1n) is 6.63. The number of hydrogen-bond acceptors (Lipinski definition) is 1. The standard InChI is InChI=1S/C15H20N2O/c1-3-9-17(10-4-2)15(18)13-11-16-14-8-6-5-7-12(13)14/h5-8,11,16H,3-4,9-10H2,1-2H3. The summed E-state index contributed by atoms with van der Waals surface area (Å²) >= 11 is 0. The molecule has 3 nitrogen and oxygen atoms in total. The lowest BCUT2D eigenvalue weighted by Crippen LogP contribution is -2.32. The number of H-pyrrole nitrogens is 1. The van der Waals surface area contributed by atoms with E-state index < -0.39 is 0 Å². The molecule has 1 aromatic heterocycles. The lowest BCUT2D eigenvalue weighted by molar-refractivity contribution is 0.0757. The second-order valence-corrected chi connectivity index (χ2v) is 4.54. The quantitative estimate of drug-likeness (QED) is 0.859. The van der Waals surface area contributed by atoms with Crippen molar-refractivity contribution >= 4 is 16.8 Å². The molecule has 0 atom stereocenters. The lowest BCUT2D eigenvalue weighted by atomic mass is 10.1. The molecule has 0 radical (unpaired) electrons. The van der Waals surface area contributed by atoms with Crippen molar-refractivity contribution < 1.29 is 4.79 Å². The number of carbonyl (C=O) groups excluding carboxylic acids is 1. The van der Waals surface area contributed by atoms with Crippen molar-refractivity contribution in [2.24, 2.45) is 0 Å². The molecule has 1 N–H and O–H groups in total. The highest BCUT2D eigenvalue weighted by molar-refractivity contribution is 6.06. The van der Waals surface area contributed by atoms with Gasteiger partial charge >= 0.3 is 0 Å². The Kier molecular flexibility index (Phi) is 4.03. The van der Waals surface area contributed by atoms with Crippen molar-refractivity contribution in [1.82, 2.24) is 9.88 Å². The fraction of sp³-hybridized carbons (Fsp3) is 0.400. The third-order valence-electron chi connectivity index (χ3n) is 3.09. The number of carbonyl (C=O) groups is 1. The first-order valence-corrected chi connectivity index (χ1v) is 6.63. The van der Waals surface area contributed by atoms with Crippen LogP contribution in [-0.2, 0) is 0 Å². The Hall–Kier alpha value is -1.77. The fourth-order valence-corrected chi connectivity index (χ4v) is 2.27. The Morgan fingerprint density at radius 1 is 1.17 bits per heavy atom. The van der Waals surface area contributed by atoms with Crippen molar-refractivity contribution in [3.63, 3.8) is 0 Å². The van der Waals surface area contributed by atoms with Crippen molar-refractivity contribution in [3.05, 3.63) is 36.0 Å². The number of nitrogens with zero attached hydrogens (tertiary/aromatic N) is 1. The highest BCUT2D eigenvalue weighted by Gasteiger charge is 2.17. The number of fused-ring (bicyclic) bond motifs is 1. The maximum Gasteiger partial charge on any atom is 0.256 e. The molecule has 96 valence electrons. The minimum atomic E-state index is 0.135. The lowest BCUT2D eigenvalue weighted by Gasteiger charge is -2.21. The van der Waals surface area contributed by atoms with E-state index in [1.165, 1.54) is 0 Å². The molecule has 2 rings (SSSR count). The largest absolute Gasteiger partial charge is 0.360 e. The fourth-order valence-electron chi connectivity index (χ4n) is 2.27. The molecule has 0 unspecified atom stereocenters. The zero-order valence-electron chi connectivity index (χ0n) is 11.1. The van der Waals surface area contributed by atoms with Gasteiger partial charge in [0.1, 0.15) is 0 Å². The minimum absolute atomic E-state index is 0.135. The van der Waals surface area contributed by atoms with Gasteiger partial charge in [-0.25, -0.2) is 0 Å². The van der Waals surface area contributed by atoms with Crippen molar-refractivity contribution in [3.8, 4) is 0 Å². The van der Waals surface area contributed by atoms with Gasteiger partial charge in [-0.2, -0.15) is 0 Å². The van der Waals surface area contributed by atoms with E-state index in [9.17, 15) is 4.79 Å². The molecule has 0 saturated heterocycles. The second-order valence-electron chi connectivity index (χ2n) is 4.54. The smallest absolute Gasteiger partial charge is 0.256 e. The molecule has 1 aromatic carbocycles. The third kappa shape index (κ3) is 2.40. The minimum Gasteiger partial charge on any atom is -0.360 e. The van der Waals surface area contributed by atoms with Crippen LogP contribution in [0.15, 0.2) is 30.5 Å².